The van der Waals surface area contributed by atoms with Gasteiger partial charge in [-0.15, -0.1) is 0 Å². The fourth-order valence-corrected chi connectivity index (χ4v) is 14.1. The third-order valence-corrected chi connectivity index (χ3v) is 17.1. The standard InChI is InChI=1S/C67H52N2.C8H9N/c1-4-21-45-40-41-61-64(62(45)47-26-7-5-22-43(47)2)63-52(49-28-9-10-31-53(49)65(68-3)69-42-46-25-19-24-44-23-6-8-27-48(44)46)32-20-39-60(63)67(61)58-37-17-15-35-56(58)66(57-36-16-18-38-59(57)67)54-33-13-11-29-50(54)51-30-12-14-34-55(51)66;1-9-7-8-5-3-2-4-6-8/h5-17,19-20,22-37,39-41H,3-4,18,21,38,42H2,1-2H3;2-6H,1,7H2. The van der Waals surface area contributed by atoms with Gasteiger partial charge in [0.2, 0.25) is 0 Å². The van der Waals surface area contributed by atoms with Gasteiger partial charge in [-0.2, -0.15) is 0 Å². The lowest BCUT2D eigenvalue weighted by molar-refractivity contribution is 0.590. The molecule has 1 unspecified atom stereocenters. The van der Waals surface area contributed by atoms with E-state index < -0.39 is 10.8 Å². The van der Waals surface area contributed by atoms with Gasteiger partial charge >= 0.3 is 0 Å². The Bertz CT molecular complexity index is 4060. The highest BCUT2D eigenvalue weighted by Gasteiger charge is 2.60. The predicted molar refractivity (Wildman–Crippen MR) is 328 cm³/mol. The first-order chi connectivity index (χ1) is 38.5. The zero-order valence-electron chi connectivity index (χ0n) is 44.5. The summed E-state index contributed by atoms with van der Waals surface area (Å²) in [4.78, 5) is 13.8. The van der Waals surface area contributed by atoms with Crippen LogP contribution in [0.2, 0.25) is 0 Å². The van der Waals surface area contributed by atoms with E-state index >= 15 is 0 Å². The molecule has 0 N–H and O–H groups in total. The lowest BCUT2D eigenvalue weighted by Crippen LogP contribution is -2.44. The van der Waals surface area contributed by atoms with Crippen LogP contribution in [0, 0.1) is 6.92 Å². The average molecular weight is 1000 g/mol. The zero-order valence-corrected chi connectivity index (χ0v) is 44.5. The van der Waals surface area contributed by atoms with Crippen molar-refractivity contribution in [2.75, 3.05) is 0 Å². The van der Waals surface area contributed by atoms with E-state index in [0.717, 1.165) is 43.4 Å². The molecule has 2 spiro atoms. The van der Waals surface area contributed by atoms with Crippen molar-refractivity contribution in [2.24, 2.45) is 15.0 Å². The lowest BCUT2D eigenvalue weighted by Gasteiger charge is -2.50. The van der Waals surface area contributed by atoms with Gasteiger partial charge in [0.15, 0.2) is 5.84 Å². The van der Waals surface area contributed by atoms with Crippen LogP contribution in [0.3, 0.4) is 0 Å². The van der Waals surface area contributed by atoms with Crippen LogP contribution < -0.4 is 0 Å². The molecule has 0 fully saturated rings. The molecule has 10 aromatic rings. The van der Waals surface area contributed by atoms with Crippen LogP contribution in [-0.4, -0.2) is 19.3 Å². The van der Waals surface area contributed by atoms with Gasteiger partial charge in [0.05, 0.1) is 23.9 Å². The Hall–Kier alpha value is -9.05. The van der Waals surface area contributed by atoms with Crippen molar-refractivity contribution in [3.8, 4) is 44.5 Å². The third-order valence-electron chi connectivity index (χ3n) is 17.1. The molecule has 14 rings (SSSR count). The maximum Gasteiger partial charge on any atom is 0.154 e. The molecule has 0 aromatic heterocycles. The Morgan fingerprint density at radius 3 is 1.79 bits per heavy atom. The van der Waals surface area contributed by atoms with Gasteiger partial charge in [-0.3, -0.25) is 9.98 Å². The molecule has 10 aromatic carbocycles. The lowest BCUT2D eigenvalue weighted by atomic mass is 9.51. The second-order valence-corrected chi connectivity index (χ2v) is 21.1. The molecule has 0 radical (unpaired) electrons. The molecule has 0 saturated heterocycles. The Balaban J connectivity index is 0.000000587. The van der Waals surface area contributed by atoms with Crippen LogP contribution >= 0.6 is 0 Å². The molecule has 78 heavy (non-hydrogen) atoms. The van der Waals surface area contributed by atoms with Crippen molar-refractivity contribution in [1.29, 1.82) is 0 Å². The second kappa shape index (κ2) is 20.1. The molecule has 0 heterocycles. The van der Waals surface area contributed by atoms with Crippen LogP contribution in [0.5, 0.6) is 0 Å². The minimum absolute atomic E-state index is 0.472. The molecule has 3 heteroatoms. The fraction of sp³-hybridized carbons (Fsp3) is 0.133. The summed E-state index contributed by atoms with van der Waals surface area (Å²) in [7, 11) is 0. The number of nitrogens with zero attached hydrogens (tertiary/aromatic N) is 3. The van der Waals surface area contributed by atoms with Crippen LogP contribution in [0.25, 0.3) is 55.3 Å². The largest absolute Gasteiger partial charge is 0.296 e. The Morgan fingerprint density at radius 2 is 1.06 bits per heavy atom. The molecule has 0 bridgehead atoms. The van der Waals surface area contributed by atoms with Crippen molar-refractivity contribution < 1.29 is 0 Å². The van der Waals surface area contributed by atoms with Gasteiger partial charge in [0, 0.05) is 5.56 Å². The molecule has 4 aliphatic rings. The topological polar surface area (TPSA) is 37.1 Å². The van der Waals surface area contributed by atoms with Crippen molar-refractivity contribution in [1.82, 2.24) is 0 Å². The van der Waals surface area contributed by atoms with Crippen LogP contribution in [0.1, 0.15) is 87.4 Å². The summed E-state index contributed by atoms with van der Waals surface area (Å²) < 4.78 is 0. The van der Waals surface area contributed by atoms with Gasteiger partial charge in [0.1, 0.15) is 0 Å². The van der Waals surface area contributed by atoms with Crippen LogP contribution in [0.15, 0.2) is 263 Å². The predicted octanol–water partition coefficient (Wildman–Crippen LogP) is 18.3. The highest BCUT2D eigenvalue weighted by atomic mass is 14.9. The summed E-state index contributed by atoms with van der Waals surface area (Å²) >= 11 is 0. The molecule has 1 atom stereocenters. The number of hydrogen-bond acceptors (Lipinski definition) is 2. The molecule has 3 nitrogen and oxygen atoms in total. The monoisotopic (exact) mass is 1000 g/mol. The first-order valence-corrected chi connectivity index (χ1v) is 27.6. The van der Waals surface area contributed by atoms with Gasteiger partial charge < -0.3 is 0 Å². The Kier molecular flexibility index (Phi) is 12.5. The number of aryl methyl sites for hydroxylation is 2. The number of benzene rings is 10. The van der Waals surface area contributed by atoms with E-state index in [2.05, 4.69) is 239 Å². The number of hydrogen-bond donors (Lipinski definition) is 0. The third kappa shape index (κ3) is 7.43. The van der Waals surface area contributed by atoms with Crippen molar-refractivity contribution in [3.05, 3.63) is 309 Å². The van der Waals surface area contributed by atoms with E-state index in [1.807, 2.05) is 30.3 Å². The fourth-order valence-electron chi connectivity index (χ4n) is 14.1. The normalized spacial score (nSPS) is 15.9. The first-order valence-electron chi connectivity index (χ1n) is 27.6. The molecule has 0 amide bonds. The Morgan fingerprint density at radius 1 is 0.474 bits per heavy atom. The van der Waals surface area contributed by atoms with E-state index in [1.54, 1.807) is 0 Å². The molecule has 376 valence electrons. The highest BCUT2D eigenvalue weighted by Crippen LogP contribution is 2.70. The summed E-state index contributed by atoms with van der Waals surface area (Å²) in [5.74, 6) is 0.647. The second-order valence-electron chi connectivity index (χ2n) is 21.1. The number of allylic oxidation sites excluding steroid dienone is 4. The van der Waals surface area contributed by atoms with E-state index in [0.29, 0.717) is 12.4 Å². The van der Waals surface area contributed by atoms with Crippen molar-refractivity contribution >= 4 is 30.0 Å². The van der Waals surface area contributed by atoms with Gasteiger partial charge in [-0.05, 0) is 162 Å². The minimum Gasteiger partial charge on any atom is -0.296 e. The van der Waals surface area contributed by atoms with E-state index in [1.165, 1.54) is 116 Å². The first kappa shape index (κ1) is 48.6. The SMILES string of the molecule is C=NC(=NCc1cccc2ccccc12)c1ccccc1-c1cccc2c1-c1c(ccc(CCC)c1-c1ccccc1C)C21C2=C(C=CCC2)C2(c3ccccc3-c3ccccc32)c2ccccc21.C=NCc1ccccc1. The minimum atomic E-state index is -0.575. The number of rotatable bonds is 9. The maximum absolute atomic E-state index is 5.29. The van der Waals surface area contributed by atoms with Crippen LogP contribution in [-0.2, 0) is 30.3 Å². The zero-order chi connectivity index (χ0) is 52.8. The van der Waals surface area contributed by atoms with E-state index in [4.69, 9.17) is 9.98 Å². The molecular formula is C75H61N3. The van der Waals surface area contributed by atoms with Gasteiger partial charge in [-0.25, -0.2) is 4.99 Å². The summed E-state index contributed by atoms with van der Waals surface area (Å²) in [5, 5.41) is 2.42. The van der Waals surface area contributed by atoms with Crippen molar-refractivity contribution in [3.63, 3.8) is 0 Å². The summed E-state index contributed by atoms with van der Waals surface area (Å²) in [6.07, 6.45) is 8.93. The van der Waals surface area contributed by atoms with E-state index in [-0.39, 0.29) is 0 Å². The van der Waals surface area contributed by atoms with Crippen molar-refractivity contribution in [2.45, 2.75) is 63.5 Å². The number of aliphatic imine (C=N–C) groups is 3. The van der Waals surface area contributed by atoms with Gasteiger partial charge in [-0.1, -0.05) is 250 Å². The smallest absolute Gasteiger partial charge is 0.154 e. The number of fused-ring (bicyclic) bond motifs is 16. The molecule has 0 aliphatic heterocycles. The summed E-state index contributed by atoms with van der Waals surface area (Å²) in [6, 6.07) is 83.0. The average Bonchev–Trinajstić information content (AvgIpc) is 4.11. The Labute approximate surface area is 459 Å². The number of amidine groups is 1. The summed E-state index contributed by atoms with van der Waals surface area (Å²) in [5.41, 5.74) is 26.4. The van der Waals surface area contributed by atoms with Gasteiger partial charge in [0.25, 0.3) is 0 Å². The molecule has 0 saturated carbocycles. The van der Waals surface area contributed by atoms with Crippen LogP contribution in [0.4, 0.5) is 0 Å². The quantitative estimate of drug-likeness (QED) is 0.102. The summed E-state index contributed by atoms with van der Waals surface area (Å²) in [6.45, 7) is 13.4. The molecular weight excluding hydrogens is 943 g/mol. The highest BCUT2D eigenvalue weighted by molar-refractivity contribution is 6.11. The molecule has 4 aliphatic carbocycles. The maximum atomic E-state index is 5.29. The van der Waals surface area contributed by atoms with E-state index in [9.17, 15) is 0 Å².